The molecule has 0 heterocycles. The lowest BCUT2D eigenvalue weighted by Crippen LogP contribution is -2.37. The summed E-state index contributed by atoms with van der Waals surface area (Å²) in [7, 11) is 1.50. The van der Waals surface area contributed by atoms with E-state index in [4.69, 9.17) is 18.5 Å². The number of hydrogen-bond donors (Lipinski definition) is 1. The van der Waals surface area contributed by atoms with Gasteiger partial charge < -0.3 is 18.9 Å². The van der Waals surface area contributed by atoms with Crippen molar-refractivity contribution >= 4 is 19.8 Å². The van der Waals surface area contributed by atoms with Crippen molar-refractivity contribution in [3.05, 3.63) is 12.2 Å². The number of phosphoric ester groups is 1. The van der Waals surface area contributed by atoms with Crippen LogP contribution in [0.5, 0.6) is 0 Å². The van der Waals surface area contributed by atoms with E-state index >= 15 is 0 Å². The number of esters is 2. The average molecular weight is 1010 g/mol. The largest absolute Gasteiger partial charge is 0.472 e. The quantitative estimate of drug-likeness (QED) is 0.0211. The Bertz CT molecular complexity index is 1190. The lowest BCUT2D eigenvalue weighted by Gasteiger charge is -2.24. The topological polar surface area (TPSA) is 108 Å². The van der Waals surface area contributed by atoms with Gasteiger partial charge in [0.1, 0.15) is 19.8 Å². The van der Waals surface area contributed by atoms with Crippen LogP contribution in [0.2, 0.25) is 0 Å². The fraction of sp³-hybridized carbons (Fsp3) is 0.933. The fourth-order valence-corrected chi connectivity index (χ4v) is 9.81. The Morgan fingerprint density at radius 3 is 1.06 bits per heavy atom. The number of ether oxygens (including phenoxy) is 2. The Hall–Kier alpha value is -1.25. The Morgan fingerprint density at radius 2 is 0.729 bits per heavy atom. The third kappa shape index (κ3) is 56.1. The van der Waals surface area contributed by atoms with Crippen molar-refractivity contribution < 1.29 is 42.1 Å². The van der Waals surface area contributed by atoms with Gasteiger partial charge in [0.25, 0.3) is 0 Å². The highest BCUT2D eigenvalue weighted by atomic mass is 31.2. The average Bonchev–Trinajstić information content (AvgIpc) is 3.32. The van der Waals surface area contributed by atoms with Crippen LogP contribution < -0.4 is 0 Å². The van der Waals surface area contributed by atoms with Crippen molar-refractivity contribution in [3.8, 4) is 0 Å². The van der Waals surface area contributed by atoms with Gasteiger partial charge in [-0.1, -0.05) is 270 Å². The number of carbonyl (C=O) groups is 2. The lowest BCUT2D eigenvalue weighted by molar-refractivity contribution is -0.870. The Morgan fingerprint density at radius 1 is 0.429 bits per heavy atom. The summed E-state index contributed by atoms with van der Waals surface area (Å²) < 4.78 is 34.6. The van der Waals surface area contributed by atoms with Crippen LogP contribution in [-0.4, -0.2) is 74.9 Å². The second kappa shape index (κ2) is 52.6. The van der Waals surface area contributed by atoms with E-state index in [-0.39, 0.29) is 25.6 Å². The molecule has 0 bridgehead atoms. The van der Waals surface area contributed by atoms with Gasteiger partial charge in [-0.15, -0.1) is 0 Å². The summed E-state index contributed by atoms with van der Waals surface area (Å²) in [5.74, 6) is -0.776. The molecule has 2 atom stereocenters. The van der Waals surface area contributed by atoms with Crippen LogP contribution in [0.4, 0.5) is 0 Å². The molecule has 1 N–H and O–H groups in total. The van der Waals surface area contributed by atoms with Crippen molar-refractivity contribution in [2.45, 2.75) is 315 Å². The minimum atomic E-state index is -4.38. The summed E-state index contributed by atoms with van der Waals surface area (Å²) in [6, 6.07) is 0. The summed E-state index contributed by atoms with van der Waals surface area (Å²) in [6.45, 7) is 4.50. The van der Waals surface area contributed by atoms with Gasteiger partial charge in [-0.3, -0.25) is 18.6 Å². The highest BCUT2D eigenvalue weighted by Gasteiger charge is 2.27. The Kier molecular flexibility index (Phi) is 51.7. The van der Waals surface area contributed by atoms with Crippen molar-refractivity contribution in [2.75, 3.05) is 47.5 Å². The number of quaternary nitrogens is 1. The maximum atomic E-state index is 12.8. The monoisotopic (exact) mass is 1010 g/mol. The second-order valence-electron chi connectivity index (χ2n) is 22.1. The number of rotatable bonds is 57. The molecule has 0 radical (unpaired) electrons. The summed E-state index contributed by atoms with van der Waals surface area (Å²) in [6.07, 6.45) is 61.4. The van der Waals surface area contributed by atoms with Crippen LogP contribution in [0, 0.1) is 0 Å². The normalized spacial score (nSPS) is 13.3. The minimum Gasteiger partial charge on any atom is -0.462 e. The molecule has 0 aromatic rings. The summed E-state index contributed by atoms with van der Waals surface area (Å²) in [5.41, 5.74) is 0. The van der Waals surface area contributed by atoms with E-state index in [1.54, 1.807) is 0 Å². The van der Waals surface area contributed by atoms with E-state index in [2.05, 4.69) is 26.0 Å². The first kappa shape index (κ1) is 68.8. The molecule has 10 heteroatoms. The predicted octanol–water partition coefficient (Wildman–Crippen LogP) is 18.8. The molecule has 70 heavy (non-hydrogen) atoms. The number of unbranched alkanes of at least 4 members (excludes halogenated alkanes) is 41. The van der Waals surface area contributed by atoms with Crippen molar-refractivity contribution in [3.63, 3.8) is 0 Å². The van der Waals surface area contributed by atoms with Gasteiger partial charge in [0, 0.05) is 12.8 Å². The van der Waals surface area contributed by atoms with Gasteiger partial charge in [-0.2, -0.15) is 0 Å². The third-order valence-electron chi connectivity index (χ3n) is 13.8. The molecule has 2 unspecified atom stereocenters. The first-order valence-corrected chi connectivity index (χ1v) is 31.9. The molecule has 0 aliphatic heterocycles. The first-order chi connectivity index (χ1) is 34.0. The molecule has 0 fully saturated rings. The van der Waals surface area contributed by atoms with Gasteiger partial charge in [0.2, 0.25) is 0 Å². The second-order valence-corrected chi connectivity index (χ2v) is 23.6. The zero-order valence-electron chi connectivity index (χ0n) is 47.3. The fourth-order valence-electron chi connectivity index (χ4n) is 9.07. The van der Waals surface area contributed by atoms with Crippen molar-refractivity contribution in [1.82, 2.24) is 0 Å². The van der Waals surface area contributed by atoms with E-state index in [0.29, 0.717) is 23.9 Å². The van der Waals surface area contributed by atoms with Crippen molar-refractivity contribution in [1.29, 1.82) is 0 Å². The number of carbonyl (C=O) groups excluding carboxylic acids is 2. The first-order valence-electron chi connectivity index (χ1n) is 30.4. The van der Waals surface area contributed by atoms with Crippen LogP contribution in [-0.2, 0) is 32.7 Å². The number of hydrogen-bond acceptors (Lipinski definition) is 7. The smallest absolute Gasteiger partial charge is 0.462 e. The van der Waals surface area contributed by atoms with E-state index in [0.717, 1.165) is 32.1 Å². The molecule has 9 nitrogen and oxygen atoms in total. The zero-order valence-corrected chi connectivity index (χ0v) is 48.2. The van der Waals surface area contributed by atoms with Crippen LogP contribution >= 0.6 is 7.82 Å². The number of likely N-dealkylation sites (N-methyl/N-ethyl adjacent to an activating group) is 1. The molecule has 0 spiro atoms. The number of allylic oxidation sites excluding steroid dienone is 2. The highest BCUT2D eigenvalue weighted by Crippen LogP contribution is 2.43. The number of phosphoric acid groups is 1. The van der Waals surface area contributed by atoms with E-state index < -0.39 is 26.5 Å². The molecule has 0 rings (SSSR count). The number of nitrogens with zero attached hydrogens (tertiary/aromatic N) is 1. The van der Waals surface area contributed by atoms with Crippen LogP contribution in [0.3, 0.4) is 0 Å². The summed E-state index contributed by atoms with van der Waals surface area (Å²) in [4.78, 5) is 35.7. The van der Waals surface area contributed by atoms with E-state index in [9.17, 15) is 19.0 Å². The maximum absolute atomic E-state index is 12.8. The Balaban J connectivity index is 4.07. The van der Waals surface area contributed by atoms with Crippen LogP contribution in [0.15, 0.2) is 12.2 Å². The van der Waals surface area contributed by atoms with E-state index in [1.165, 1.54) is 244 Å². The lowest BCUT2D eigenvalue weighted by atomic mass is 10.0. The maximum Gasteiger partial charge on any atom is 0.472 e. The molecule has 0 aliphatic carbocycles. The van der Waals surface area contributed by atoms with Crippen LogP contribution in [0.25, 0.3) is 0 Å². The van der Waals surface area contributed by atoms with Gasteiger partial charge in [-0.25, -0.2) is 4.57 Å². The molecular formula is C60H119NO8P+. The zero-order chi connectivity index (χ0) is 51.3. The molecule has 0 amide bonds. The standard InChI is InChI=1S/C60H118NO8P/c1-6-8-10-12-14-16-18-20-22-24-26-27-28-29-30-31-32-33-35-37-39-41-43-45-47-49-51-53-60(63)69-58(57-68-70(64,65)67-55-54-61(3,4)5)56-66-59(62)52-50-48-46-44-42-40-38-36-34-25-23-21-19-17-15-13-11-9-7-2/h24,26,58H,6-23,25,27-57H2,1-5H3/p+1/b26-24-. The molecule has 416 valence electrons. The Labute approximate surface area is 435 Å². The SMILES string of the molecule is CCCCCCCCCC/C=C\CCCCCCCCCCCCCCCCCC(=O)OC(COC(=O)CCCCCCCCCCCCCCCCCCCCC)COP(=O)(O)OCC[N+](C)(C)C. The van der Waals surface area contributed by atoms with Gasteiger partial charge in [0.05, 0.1) is 27.7 Å². The van der Waals surface area contributed by atoms with Crippen LogP contribution in [0.1, 0.15) is 309 Å². The van der Waals surface area contributed by atoms with Gasteiger partial charge in [0.15, 0.2) is 6.10 Å². The van der Waals surface area contributed by atoms with E-state index in [1.807, 2.05) is 21.1 Å². The van der Waals surface area contributed by atoms with Crippen molar-refractivity contribution in [2.24, 2.45) is 0 Å². The molecular weight excluding hydrogens is 894 g/mol. The highest BCUT2D eigenvalue weighted by molar-refractivity contribution is 7.47. The molecule has 0 aromatic carbocycles. The predicted molar refractivity (Wildman–Crippen MR) is 298 cm³/mol. The van der Waals surface area contributed by atoms with Gasteiger partial charge >= 0.3 is 19.8 Å². The molecule has 0 saturated heterocycles. The van der Waals surface area contributed by atoms with Gasteiger partial charge in [-0.05, 0) is 38.5 Å². The molecule has 0 aliphatic rings. The molecule has 0 aromatic heterocycles. The third-order valence-corrected chi connectivity index (χ3v) is 14.8. The minimum absolute atomic E-state index is 0.0361. The summed E-state index contributed by atoms with van der Waals surface area (Å²) >= 11 is 0. The summed E-state index contributed by atoms with van der Waals surface area (Å²) in [5, 5.41) is 0. The molecule has 0 saturated carbocycles.